The summed E-state index contributed by atoms with van der Waals surface area (Å²) in [6.07, 6.45) is 0.260. The second-order valence-electron chi connectivity index (χ2n) is 9.53. The second-order valence-corrected chi connectivity index (χ2v) is 9.53. The summed E-state index contributed by atoms with van der Waals surface area (Å²) < 4.78 is 4.84. The number of esters is 1. The molecule has 0 fully saturated rings. The molecule has 4 aromatic carbocycles. The van der Waals surface area contributed by atoms with Crippen LogP contribution in [0.4, 0.5) is 5.69 Å². The van der Waals surface area contributed by atoms with Gasteiger partial charge in [0.15, 0.2) is 0 Å². The molecule has 0 radical (unpaired) electrons. The number of aliphatic hydroxyl groups is 1. The van der Waals surface area contributed by atoms with Crippen molar-refractivity contribution in [3.63, 3.8) is 0 Å². The summed E-state index contributed by atoms with van der Waals surface area (Å²) in [5.74, 6) is -0.761. The van der Waals surface area contributed by atoms with Crippen molar-refractivity contribution >= 4 is 17.6 Å². The molecule has 200 valence electrons. The van der Waals surface area contributed by atoms with Gasteiger partial charge in [0.25, 0.3) is 0 Å². The van der Waals surface area contributed by atoms with Crippen molar-refractivity contribution in [3.8, 4) is 11.1 Å². The zero-order valence-corrected chi connectivity index (χ0v) is 22.3. The van der Waals surface area contributed by atoms with E-state index in [0.29, 0.717) is 17.8 Å². The Bertz CT molecular complexity index is 1370. The number of benzene rings is 4. The minimum Gasteiger partial charge on any atom is -0.465 e. The molecule has 0 unspecified atom stereocenters. The van der Waals surface area contributed by atoms with Crippen molar-refractivity contribution in [2.75, 3.05) is 25.5 Å². The molecule has 0 aliphatic heterocycles. The Hall–Kier alpha value is -4.26. The molecule has 4 aromatic rings. The zero-order valence-electron chi connectivity index (χ0n) is 22.3. The molecule has 0 heterocycles. The second kappa shape index (κ2) is 13.5. The number of amides is 1. The number of hydrogen-bond donors (Lipinski definition) is 2. The topological polar surface area (TPSA) is 78.9 Å². The number of nitrogens with one attached hydrogen (secondary N) is 1. The first-order chi connectivity index (χ1) is 18.9. The third-order valence-electron chi connectivity index (χ3n) is 6.60. The lowest BCUT2D eigenvalue weighted by atomic mass is 10.00. The summed E-state index contributed by atoms with van der Waals surface area (Å²) in [7, 11) is 1.32. The van der Waals surface area contributed by atoms with Gasteiger partial charge in [-0.1, -0.05) is 91.0 Å². The fraction of sp³-hybridized carbons (Fsp3) is 0.212. The van der Waals surface area contributed by atoms with Crippen LogP contribution in [0, 0.1) is 0 Å². The van der Waals surface area contributed by atoms with Gasteiger partial charge in [-0.3, -0.25) is 9.69 Å². The zero-order chi connectivity index (χ0) is 27.6. The number of anilines is 1. The molecular weight excluding hydrogens is 488 g/mol. The minimum absolute atomic E-state index is 0.259. The van der Waals surface area contributed by atoms with E-state index in [1.165, 1.54) is 25.2 Å². The molecule has 6 nitrogen and oxygen atoms in total. The third kappa shape index (κ3) is 7.87. The van der Waals surface area contributed by atoms with E-state index in [4.69, 9.17) is 4.74 Å². The van der Waals surface area contributed by atoms with Crippen LogP contribution in [0.25, 0.3) is 11.1 Å². The Balaban J connectivity index is 1.47. The normalized spacial score (nSPS) is 11.7. The summed E-state index contributed by atoms with van der Waals surface area (Å²) in [5.41, 5.74) is 5.89. The average molecular weight is 523 g/mol. The summed E-state index contributed by atoms with van der Waals surface area (Å²) in [4.78, 5) is 26.1. The fourth-order valence-corrected chi connectivity index (χ4v) is 4.56. The first-order valence-corrected chi connectivity index (χ1v) is 13.0. The van der Waals surface area contributed by atoms with Gasteiger partial charge in [0, 0.05) is 26.6 Å². The van der Waals surface area contributed by atoms with E-state index in [0.717, 1.165) is 36.2 Å². The highest BCUT2D eigenvalue weighted by Gasteiger charge is 2.16. The van der Waals surface area contributed by atoms with Crippen LogP contribution in [-0.4, -0.2) is 42.1 Å². The number of nitrogens with zero attached hydrogens (tertiary/aromatic N) is 1. The van der Waals surface area contributed by atoms with E-state index in [-0.39, 0.29) is 5.91 Å². The summed E-state index contributed by atoms with van der Waals surface area (Å²) in [6.45, 7) is 3.48. The van der Waals surface area contributed by atoms with Crippen LogP contribution >= 0.6 is 0 Å². The highest BCUT2D eigenvalue weighted by molar-refractivity contribution is 6.01. The van der Waals surface area contributed by atoms with Crippen LogP contribution in [0.5, 0.6) is 0 Å². The van der Waals surface area contributed by atoms with E-state index in [9.17, 15) is 14.7 Å². The maximum Gasteiger partial charge on any atom is 0.339 e. The van der Waals surface area contributed by atoms with Crippen LogP contribution in [-0.2, 0) is 22.5 Å². The lowest BCUT2D eigenvalue weighted by molar-refractivity contribution is -0.114. The van der Waals surface area contributed by atoms with E-state index in [1.807, 2.05) is 66.7 Å². The highest BCUT2D eigenvalue weighted by atomic mass is 16.5. The molecule has 0 aliphatic rings. The van der Waals surface area contributed by atoms with E-state index >= 15 is 0 Å². The van der Waals surface area contributed by atoms with Gasteiger partial charge in [0.2, 0.25) is 5.91 Å². The molecule has 0 aliphatic carbocycles. The molecule has 0 spiro atoms. The monoisotopic (exact) mass is 522 g/mol. The fourth-order valence-electron chi connectivity index (χ4n) is 4.56. The molecule has 39 heavy (non-hydrogen) atoms. The van der Waals surface area contributed by atoms with Crippen molar-refractivity contribution in [2.24, 2.45) is 0 Å². The average Bonchev–Trinajstić information content (AvgIpc) is 2.96. The number of carbonyl (C=O) groups is 2. The summed E-state index contributed by atoms with van der Waals surface area (Å²) >= 11 is 0. The molecule has 2 N–H and O–H groups in total. The lowest BCUT2D eigenvalue weighted by Gasteiger charge is -2.25. The van der Waals surface area contributed by atoms with Crippen molar-refractivity contribution in [3.05, 3.63) is 125 Å². The Morgan fingerprint density at radius 1 is 0.846 bits per heavy atom. The molecule has 0 bridgehead atoms. The first kappa shape index (κ1) is 27.8. The van der Waals surface area contributed by atoms with Crippen molar-refractivity contribution in [1.29, 1.82) is 0 Å². The molecule has 0 aromatic heterocycles. The van der Waals surface area contributed by atoms with E-state index < -0.39 is 12.1 Å². The maximum atomic E-state index is 12.1. The third-order valence-corrected chi connectivity index (χ3v) is 6.60. The molecule has 1 amide bonds. The number of carbonyl (C=O) groups excluding carboxylic acids is 2. The van der Waals surface area contributed by atoms with Crippen molar-refractivity contribution < 1.29 is 19.4 Å². The number of rotatable bonds is 11. The minimum atomic E-state index is -0.567. The quantitative estimate of drug-likeness (QED) is 0.241. The smallest absolute Gasteiger partial charge is 0.339 e. The molecule has 1 atom stereocenters. The van der Waals surface area contributed by atoms with Crippen molar-refractivity contribution in [2.45, 2.75) is 26.0 Å². The Kier molecular flexibility index (Phi) is 9.62. The summed E-state index contributed by atoms with van der Waals surface area (Å²) in [5, 5.41) is 13.6. The van der Waals surface area contributed by atoms with Crippen LogP contribution in [0.3, 0.4) is 0 Å². The van der Waals surface area contributed by atoms with Crippen LogP contribution < -0.4 is 5.32 Å². The number of hydrogen-bond acceptors (Lipinski definition) is 5. The Labute approximate surface area is 229 Å². The van der Waals surface area contributed by atoms with Gasteiger partial charge in [-0.25, -0.2) is 4.79 Å². The standard InChI is InChI=1S/C33H34N2O4/c1-24(36)34-31-21-29(17-18-30(31)33(38)39-2)27-15-13-25(14-16-27)19-20-35(22-26-9-5-3-6-10-26)23-32(37)28-11-7-4-8-12-28/h3-18,21,32,37H,19-20,22-23H2,1-2H3,(H,34,36)/t32-/m0/s1. The molecule has 6 heteroatoms. The molecule has 4 rings (SSSR count). The maximum absolute atomic E-state index is 12.1. The predicted molar refractivity (Wildman–Crippen MR) is 154 cm³/mol. The Morgan fingerprint density at radius 2 is 1.49 bits per heavy atom. The van der Waals surface area contributed by atoms with Crippen LogP contribution in [0.1, 0.15) is 40.1 Å². The highest BCUT2D eigenvalue weighted by Crippen LogP contribution is 2.27. The summed E-state index contributed by atoms with van der Waals surface area (Å²) in [6, 6.07) is 33.6. The lowest BCUT2D eigenvalue weighted by Crippen LogP contribution is -2.30. The molecule has 0 saturated carbocycles. The SMILES string of the molecule is COC(=O)c1ccc(-c2ccc(CCN(Cc3ccccc3)C[C@H](O)c3ccccc3)cc2)cc1NC(C)=O. The van der Waals surface area contributed by atoms with Gasteiger partial charge < -0.3 is 15.2 Å². The number of aliphatic hydroxyl groups excluding tert-OH is 1. The predicted octanol–water partition coefficient (Wildman–Crippen LogP) is 5.88. The van der Waals surface area contributed by atoms with Crippen molar-refractivity contribution in [1.82, 2.24) is 4.90 Å². The van der Waals surface area contributed by atoms with E-state index in [1.54, 1.807) is 12.1 Å². The van der Waals surface area contributed by atoms with Crippen LogP contribution in [0.2, 0.25) is 0 Å². The van der Waals surface area contributed by atoms with E-state index in [2.05, 4.69) is 34.5 Å². The van der Waals surface area contributed by atoms with Gasteiger partial charge in [-0.2, -0.15) is 0 Å². The number of ether oxygens (including phenoxy) is 1. The molecular formula is C33H34N2O4. The molecule has 0 saturated heterocycles. The first-order valence-electron chi connectivity index (χ1n) is 13.0. The van der Waals surface area contributed by atoms with Gasteiger partial charge in [-0.05, 0) is 46.4 Å². The van der Waals surface area contributed by atoms with Gasteiger partial charge in [0.1, 0.15) is 0 Å². The Morgan fingerprint density at radius 3 is 2.13 bits per heavy atom. The van der Waals surface area contributed by atoms with Gasteiger partial charge >= 0.3 is 5.97 Å². The van der Waals surface area contributed by atoms with Gasteiger partial charge in [0.05, 0.1) is 24.5 Å². The number of methoxy groups -OCH3 is 1. The largest absolute Gasteiger partial charge is 0.465 e. The van der Waals surface area contributed by atoms with Gasteiger partial charge in [-0.15, -0.1) is 0 Å². The van der Waals surface area contributed by atoms with Crippen LogP contribution in [0.15, 0.2) is 103 Å².